The van der Waals surface area contributed by atoms with Crippen molar-refractivity contribution in [1.82, 2.24) is 4.57 Å². The van der Waals surface area contributed by atoms with Gasteiger partial charge in [-0.3, -0.25) is 4.79 Å². The first-order chi connectivity index (χ1) is 8.95. The van der Waals surface area contributed by atoms with Gasteiger partial charge in [0.25, 0.3) is 0 Å². The van der Waals surface area contributed by atoms with E-state index in [1.165, 1.54) is 0 Å². The number of aromatic nitrogens is 1. The van der Waals surface area contributed by atoms with Crippen molar-refractivity contribution in [2.45, 2.75) is 13.8 Å². The van der Waals surface area contributed by atoms with Gasteiger partial charge < -0.3 is 9.67 Å². The molecule has 0 fully saturated rings. The molecule has 1 aromatic heterocycles. The number of benzene rings is 1. The maximum absolute atomic E-state index is 12.2. The van der Waals surface area contributed by atoms with Crippen LogP contribution in [0.3, 0.4) is 0 Å². The summed E-state index contributed by atoms with van der Waals surface area (Å²) in [7, 11) is 1.77. The second-order valence-corrected chi connectivity index (χ2v) is 4.49. The fourth-order valence-electron chi connectivity index (χ4n) is 2.18. The van der Waals surface area contributed by atoms with Crippen molar-refractivity contribution < 1.29 is 9.90 Å². The maximum Gasteiger partial charge on any atom is 0.341 e. The number of carbonyl (C=O) groups is 1. The second-order valence-electron chi connectivity index (χ2n) is 4.49. The van der Waals surface area contributed by atoms with E-state index in [2.05, 4.69) is 0 Å². The lowest BCUT2D eigenvalue weighted by Gasteiger charge is -2.17. The fourth-order valence-corrected chi connectivity index (χ4v) is 2.18. The molecule has 2 aromatic rings. The number of hydrogen-bond donors (Lipinski definition) is 1. The molecule has 4 nitrogen and oxygen atoms in total. The Labute approximate surface area is 110 Å². The van der Waals surface area contributed by atoms with Crippen molar-refractivity contribution >= 4 is 5.97 Å². The highest BCUT2D eigenvalue weighted by molar-refractivity contribution is 5.95. The molecule has 0 aliphatic carbocycles. The quantitative estimate of drug-likeness (QED) is 0.898. The van der Waals surface area contributed by atoms with Gasteiger partial charge >= 0.3 is 5.97 Å². The Morgan fingerprint density at radius 3 is 2.26 bits per heavy atom. The lowest BCUT2D eigenvalue weighted by Crippen LogP contribution is -2.24. The van der Waals surface area contributed by atoms with Crippen LogP contribution in [0, 0.1) is 13.8 Å². The summed E-state index contributed by atoms with van der Waals surface area (Å²) in [5.74, 6) is -1.19. The smallest absolute Gasteiger partial charge is 0.341 e. The number of aromatic carboxylic acids is 1. The number of carboxylic acid groups (broad SMARTS) is 1. The minimum atomic E-state index is -1.19. The van der Waals surface area contributed by atoms with Crippen molar-refractivity contribution in [2.75, 3.05) is 0 Å². The predicted octanol–water partition coefficient (Wildman–Crippen LogP) is 2.37. The van der Waals surface area contributed by atoms with Gasteiger partial charge in [0.1, 0.15) is 5.56 Å². The van der Waals surface area contributed by atoms with Gasteiger partial charge in [0.05, 0.1) is 5.69 Å². The Morgan fingerprint density at radius 1 is 1.16 bits per heavy atom. The van der Waals surface area contributed by atoms with Crippen LogP contribution in [-0.4, -0.2) is 15.6 Å². The van der Waals surface area contributed by atoms with Gasteiger partial charge in [-0.05, 0) is 19.4 Å². The van der Waals surface area contributed by atoms with Gasteiger partial charge in [-0.1, -0.05) is 30.3 Å². The minimum Gasteiger partial charge on any atom is -0.477 e. The SMILES string of the molecule is Cc1c(C)n(C)c(-c2ccccc2)c(C(=O)O)c1=O. The largest absolute Gasteiger partial charge is 0.477 e. The maximum atomic E-state index is 12.2. The van der Waals surface area contributed by atoms with E-state index in [1.807, 2.05) is 25.1 Å². The second kappa shape index (κ2) is 4.72. The Hall–Kier alpha value is -2.36. The van der Waals surface area contributed by atoms with Crippen LogP contribution in [0.4, 0.5) is 0 Å². The van der Waals surface area contributed by atoms with Crippen molar-refractivity contribution in [3.05, 3.63) is 57.4 Å². The normalized spacial score (nSPS) is 10.5. The number of hydrogen-bond acceptors (Lipinski definition) is 2. The third-order valence-corrected chi connectivity index (χ3v) is 3.45. The highest BCUT2D eigenvalue weighted by Crippen LogP contribution is 2.23. The lowest BCUT2D eigenvalue weighted by atomic mass is 10.0. The third kappa shape index (κ3) is 2.05. The van der Waals surface area contributed by atoms with E-state index in [1.54, 1.807) is 30.7 Å². The fraction of sp³-hybridized carbons (Fsp3) is 0.200. The summed E-state index contributed by atoms with van der Waals surface area (Å²) in [6.07, 6.45) is 0. The van der Waals surface area contributed by atoms with Crippen LogP contribution in [0.25, 0.3) is 11.3 Å². The average Bonchev–Trinajstić information content (AvgIpc) is 2.40. The summed E-state index contributed by atoms with van der Waals surface area (Å²) < 4.78 is 1.76. The van der Waals surface area contributed by atoms with Gasteiger partial charge in [-0.15, -0.1) is 0 Å². The molecule has 0 spiro atoms. The van der Waals surface area contributed by atoms with E-state index >= 15 is 0 Å². The summed E-state index contributed by atoms with van der Waals surface area (Å²) in [5, 5.41) is 9.33. The molecule has 0 radical (unpaired) electrons. The molecule has 0 bridgehead atoms. The summed E-state index contributed by atoms with van der Waals surface area (Å²) in [4.78, 5) is 23.6. The first-order valence-electron chi connectivity index (χ1n) is 5.94. The first-order valence-corrected chi connectivity index (χ1v) is 5.94. The van der Waals surface area contributed by atoms with E-state index in [0.29, 0.717) is 11.3 Å². The number of carboxylic acids is 1. The molecule has 0 saturated carbocycles. The molecule has 0 amide bonds. The Morgan fingerprint density at radius 2 is 1.74 bits per heavy atom. The van der Waals surface area contributed by atoms with Gasteiger partial charge in [-0.25, -0.2) is 4.79 Å². The van der Waals surface area contributed by atoms with E-state index < -0.39 is 11.4 Å². The molecule has 2 rings (SSSR count). The first kappa shape index (κ1) is 13.1. The number of nitrogens with zero attached hydrogens (tertiary/aromatic N) is 1. The van der Waals surface area contributed by atoms with E-state index in [0.717, 1.165) is 11.3 Å². The van der Waals surface area contributed by atoms with Crippen LogP contribution in [-0.2, 0) is 7.05 Å². The Balaban J connectivity index is 2.95. The zero-order valence-electron chi connectivity index (χ0n) is 11.1. The molecule has 4 heteroatoms. The molecule has 0 saturated heterocycles. The van der Waals surface area contributed by atoms with Crippen molar-refractivity contribution in [2.24, 2.45) is 7.05 Å². The molecule has 0 aliphatic rings. The van der Waals surface area contributed by atoms with Crippen LogP contribution in [0.5, 0.6) is 0 Å². The molecule has 98 valence electrons. The number of rotatable bonds is 2. The zero-order valence-corrected chi connectivity index (χ0v) is 11.1. The molecule has 1 heterocycles. The highest BCUT2D eigenvalue weighted by atomic mass is 16.4. The zero-order chi connectivity index (χ0) is 14.2. The van der Waals surface area contributed by atoms with Crippen LogP contribution in [0.1, 0.15) is 21.6 Å². The Kier molecular flexibility index (Phi) is 3.25. The average molecular weight is 257 g/mol. The van der Waals surface area contributed by atoms with Crippen molar-refractivity contribution in [1.29, 1.82) is 0 Å². The van der Waals surface area contributed by atoms with E-state index in [-0.39, 0.29) is 5.56 Å². The summed E-state index contributed by atoms with van der Waals surface area (Å²) in [6, 6.07) is 9.09. The van der Waals surface area contributed by atoms with Crippen LogP contribution >= 0.6 is 0 Å². The molecule has 1 aromatic carbocycles. The van der Waals surface area contributed by atoms with Gasteiger partial charge in [0.2, 0.25) is 0 Å². The number of pyridine rings is 1. The third-order valence-electron chi connectivity index (χ3n) is 3.45. The molecular formula is C15H15NO3. The summed E-state index contributed by atoms with van der Waals surface area (Å²) in [6.45, 7) is 3.47. The molecule has 0 unspecified atom stereocenters. The molecule has 19 heavy (non-hydrogen) atoms. The summed E-state index contributed by atoms with van der Waals surface area (Å²) >= 11 is 0. The lowest BCUT2D eigenvalue weighted by molar-refractivity contribution is 0.0695. The monoisotopic (exact) mass is 257 g/mol. The van der Waals surface area contributed by atoms with Gasteiger partial charge in [0.15, 0.2) is 5.43 Å². The van der Waals surface area contributed by atoms with Crippen LogP contribution < -0.4 is 5.43 Å². The van der Waals surface area contributed by atoms with Crippen LogP contribution in [0.15, 0.2) is 35.1 Å². The summed E-state index contributed by atoms with van der Waals surface area (Å²) in [5.41, 5.74) is 1.83. The standard InChI is InChI=1S/C15H15NO3/c1-9-10(2)16(3)13(11-7-5-4-6-8-11)12(14(9)17)15(18)19/h4-8H,1-3H3,(H,18,19). The van der Waals surface area contributed by atoms with Crippen molar-refractivity contribution in [3.63, 3.8) is 0 Å². The molecule has 1 N–H and O–H groups in total. The minimum absolute atomic E-state index is 0.170. The molecule has 0 atom stereocenters. The topological polar surface area (TPSA) is 59.3 Å². The molecular weight excluding hydrogens is 242 g/mol. The van der Waals surface area contributed by atoms with Crippen LogP contribution in [0.2, 0.25) is 0 Å². The molecule has 0 aliphatic heterocycles. The van der Waals surface area contributed by atoms with E-state index in [4.69, 9.17) is 0 Å². The Bertz CT molecular complexity index is 700. The van der Waals surface area contributed by atoms with E-state index in [9.17, 15) is 14.7 Å². The predicted molar refractivity (Wildman–Crippen MR) is 73.6 cm³/mol. The van der Waals surface area contributed by atoms with Crippen molar-refractivity contribution in [3.8, 4) is 11.3 Å². The highest BCUT2D eigenvalue weighted by Gasteiger charge is 2.21. The van der Waals surface area contributed by atoms with Gasteiger partial charge in [-0.2, -0.15) is 0 Å². The van der Waals surface area contributed by atoms with Gasteiger partial charge in [0, 0.05) is 18.3 Å².